The molecule has 1 amide bonds. The van der Waals surface area contributed by atoms with Crippen LogP contribution < -0.4 is 10.6 Å². The van der Waals surface area contributed by atoms with Crippen molar-refractivity contribution in [3.05, 3.63) is 0 Å². The fraction of sp³-hybridized carbons (Fsp3) is 0.929. The molecule has 0 radical (unpaired) electrons. The maximum atomic E-state index is 11.9. The molecule has 2 saturated heterocycles. The Kier molecular flexibility index (Phi) is 5.01. The molecule has 0 aromatic carbocycles. The van der Waals surface area contributed by atoms with E-state index in [-0.39, 0.29) is 11.9 Å². The van der Waals surface area contributed by atoms with Crippen molar-refractivity contribution in [2.75, 3.05) is 13.2 Å². The minimum atomic E-state index is 0.00316. The van der Waals surface area contributed by atoms with E-state index in [0.717, 1.165) is 45.3 Å². The van der Waals surface area contributed by atoms with Crippen LogP contribution in [-0.4, -0.2) is 37.2 Å². The lowest BCUT2D eigenvalue weighted by Crippen LogP contribution is -2.50. The number of hydrogen-bond donors (Lipinski definition) is 2. The first kappa shape index (κ1) is 13.8. The van der Waals surface area contributed by atoms with Crippen molar-refractivity contribution in [3.8, 4) is 0 Å². The normalized spacial score (nSPS) is 34.2. The minimum Gasteiger partial charge on any atom is -0.378 e. The molecule has 0 bridgehead atoms. The van der Waals surface area contributed by atoms with Gasteiger partial charge < -0.3 is 15.4 Å². The van der Waals surface area contributed by atoms with Gasteiger partial charge in [-0.1, -0.05) is 13.8 Å². The second kappa shape index (κ2) is 6.53. The molecule has 2 heterocycles. The lowest BCUT2D eigenvalue weighted by Gasteiger charge is -2.34. The molecule has 0 aromatic rings. The lowest BCUT2D eigenvalue weighted by atomic mass is 9.94. The molecule has 0 aliphatic carbocycles. The highest BCUT2D eigenvalue weighted by Crippen LogP contribution is 2.21. The van der Waals surface area contributed by atoms with Gasteiger partial charge in [0.1, 0.15) is 0 Å². The number of rotatable bonds is 3. The number of carbonyl (C=O) groups excluding carboxylic acids is 1. The molecule has 4 nitrogen and oxygen atoms in total. The third-order valence-corrected chi connectivity index (χ3v) is 4.03. The van der Waals surface area contributed by atoms with Crippen molar-refractivity contribution >= 4 is 5.91 Å². The summed E-state index contributed by atoms with van der Waals surface area (Å²) >= 11 is 0. The van der Waals surface area contributed by atoms with Gasteiger partial charge in [0, 0.05) is 19.2 Å². The number of ether oxygens (including phenoxy) is 1. The summed E-state index contributed by atoms with van der Waals surface area (Å²) in [6, 6.07) is 0.434. The van der Waals surface area contributed by atoms with Gasteiger partial charge in [-0.15, -0.1) is 0 Å². The van der Waals surface area contributed by atoms with E-state index in [9.17, 15) is 4.79 Å². The summed E-state index contributed by atoms with van der Waals surface area (Å²) < 4.78 is 5.77. The molecule has 0 aromatic heterocycles. The Balaban J connectivity index is 1.85. The van der Waals surface area contributed by atoms with E-state index in [4.69, 9.17) is 4.74 Å². The van der Waals surface area contributed by atoms with Crippen LogP contribution in [0.15, 0.2) is 0 Å². The molecular formula is C14H26N2O2. The van der Waals surface area contributed by atoms with Crippen LogP contribution in [0.1, 0.15) is 46.0 Å². The number of hydrogen-bond acceptors (Lipinski definition) is 3. The largest absolute Gasteiger partial charge is 0.378 e. The number of carbonyl (C=O) groups is 1. The van der Waals surface area contributed by atoms with Gasteiger partial charge in [0.05, 0.1) is 12.1 Å². The summed E-state index contributed by atoms with van der Waals surface area (Å²) in [5.41, 5.74) is 0. The molecule has 2 aliphatic heterocycles. The van der Waals surface area contributed by atoms with E-state index < -0.39 is 0 Å². The molecular weight excluding hydrogens is 228 g/mol. The molecule has 2 aliphatic rings. The third kappa shape index (κ3) is 3.69. The van der Waals surface area contributed by atoms with E-state index in [2.05, 4.69) is 24.5 Å². The highest BCUT2D eigenvalue weighted by molar-refractivity contribution is 5.81. The van der Waals surface area contributed by atoms with Crippen molar-refractivity contribution in [1.29, 1.82) is 0 Å². The van der Waals surface area contributed by atoms with Gasteiger partial charge in [-0.3, -0.25) is 4.79 Å². The fourth-order valence-corrected chi connectivity index (χ4v) is 2.83. The quantitative estimate of drug-likeness (QED) is 0.801. The zero-order valence-corrected chi connectivity index (χ0v) is 11.6. The molecule has 2 N–H and O–H groups in total. The molecule has 104 valence electrons. The van der Waals surface area contributed by atoms with Gasteiger partial charge in [0.15, 0.2) is 0 Å². The number of amides is 1. The van der Waals surface area contributed by atoms with E-state index in [1.54, 1.807) is 0 Å². The van der Waals surface area contributed by atoms with Gasteiger partial charge in [-0.2, -0.15) is 0 Å². The predicted octanol–water partition coefficient (Wildman–Crippen LogP) is 1.45. The van der Waals surface area contributed by atoms with Crippen LogP contribution in [0.2, 0.25) is 0 Å². The van der Waals surface area contributed by atoms with Gasteiger partial charge in [-0.25, -0.2) is 0 Å². The van der Waals surface area contributed by atoms with Crippen molar-refractivity contribution in [1.82, 2.24) is 10.6 Å². The van der Waals surface area contributed by atoms with Crippen LogP contribution in [0, 0.1) is 5.92 Å². The Labute approximate surface area is 110 Å². The summed E-state index contributed by atoms with van der Waals surface area (Å²) in [6.45, 7) is 6.05. The van der Waals surface area contributed by atoms with Crippen molar-refractivity contribution in [2.45, 2.75) is 64.1 Å². The maximum Gasteiger partial charge on any atom is 0.237 e. The highest BCUT2D eigenvalue weighted by atomic mass is 16.5. The summed E-state index contributed by atoms with van der Waals surface area (Å²) in [4.78, 5) is 11.9. The van der Waals surface area contributed by atoms with E-state index >= 15 is 0 Å². The molecule has 3 unspecified atom stereocenters. The average molecular weight is 254 g/mol. The Hall–Kier alpha value is -0.610. The molecule has 4 heteroatoms. The average Bonchev–Trinajstić information content (AvgIpc) is 2.55. The van der Waals surface area contributed by atoms with Gasteiger partial charge in [-0.05, 0) is 38.0 Å². The first-order valence-electron chi connectivity index (χ1n) is 7.32. The maximum absolute atomic E-state index is 11.9. The van der Waals surface area contributed by atoms with E-state index in [1.807, 2.05) is 0 Å². The van der Waals surface area contributed by atoms with E-state index in [1.165, 1.54) is 0 Å². The summed E-state index contributed by atoms with van der Waals surface area (Å²) in [7, 11) is 0. The van der Waals surface area contributed by atoms with Crippen LogP contribution in [0.5, 0.6) is 0 Å². The van der Waals surface area contributed by atoms with Crippen molar-refractivity contribution < 1.29 is 9.53 Å². The second-order valence-corrected chi connectivity index (χ2v) is 5.88. The standard InChI is InChI=1S/C14H26N2O2/c1-10(2)13-9-11(6-8-18-13)16-12-5-3-4-7-15-14(12)17/h10-13,16H,3-9H2,1-2H3,(H,15,17). The SMILES string of the molecule is CC(C)C1CC(NC2CCCCNC2=O)CCO1. The third-order valence-electron chi connectivity index (χ3n) is 4.03. The first-order chi connectivity index (χ1) is 8.66. The van der Waals surface area contributed by atoms with Gasteiger partial charge in [0.2, 0.25) is 5.91 Å². The molecule has 3 atom stereocenters. The minimum absolute atomic E-state index is 0.00316. The van der Waals surface area contributed by atoms with Gasteiger partial charge >= 0.3 is 0 Å². The van der Waals surface area contributed by atoms with E-state index in [0.29, 0.717) is 18.1 Å². The monoisotopic (exact) mass is 254 g/mol. The Morgan fingerprint density at radius 3 is 2.94 bits per heavy atom. The Morgan fingerprint density at radius 2 is 2.17 bits per heavy atom. The Bertz CT molecular complexity index is 281. The van der Waals surface area contributed by atoms with Crippen LogP contribution in [-0.2, 0) is 9.53 Å². The molecule has 0 saturated carbocycles. The highest BCUT2D eigenvalue weighted by Gasteiger charge is 2.29. The van der Waals surface area contributed by atoms with Crippen LogP contribution in [0.3, 0.4) is 0 Å². The summed E-state index contributed by atoms with van der Waals surface area (Å²) in [5.74, 6) is 0.734. The number of nitrogens with one attached hydrogen (secondary N) is 2. The lowest BCUT2D eigenvalue weighted by molar-refractivity contribution is -0.123. The molecule has 18 heavy (non-hydrogen) atoms. The zero-order chi connectivity index (χ0) is 13.0. The molecule has 0 spiro atoms. The van der Waals surface area contributed by atoms with Gasteiger partial charge in [0.25, 0.3) is 0 Å². The summed E-state index contributed by atoms with van der Waals surface area (Å²) in [6.07, 6.45) is 5.59. The van der Waals surface area contributed by atoms with Crippen molar-refractivity contribution in [3.63, 3.8) is 0 Å². The fourth-order valence-electron chi connectivity index (χ4n) is 2.83. The smallest absolute Gasteiger partial charge is 0.237 e. The molecule has 2 rings (SSSR count). The first-order valence-corrected chi connectivity index (χ1v) is 7.32. The Morgan fingerprint density at radius 1 is 1.33 bits per heavy atom. The predicted molar refractivity (Wildman–Crippen MR) is 71.4 cm³/mol. The second-order valence-electron chi connectivity index (χ2n) is 5.88. The topological polar surface area (TPSA) is 50.4 Å². The van der Waals surface area contributed by atoms with Crippen LogP contribution >= 0.6 is 0 Å². The van der Waals surface area contributed by atoms with Crippen LogP contribution in [0.25, 0.3) is 0 Å². The zero-order valence-electron chi connectivity index (χ0n) is 11.6. The summed E-state index contributed by atoms with van der Waals surface area (Å²) in [5, 5.41) is 6.53. The van der Waals surface area contributed by atoms with Crippen molar-refractivity contribution in [2.24, 2.45) is 5.92 Å². The molecule has 2 fully saturated rings. The van der Waals surface area contributed by atoms with Crippen LogP contribution in [0.4, 0.5) is 0 Å².